The minimum absolute atomic E-state index is 0.218. The Morgan fingerprint density at radius 1 is 1.07 bits per heavy atom. The Hall–Kier alpha value is -3.22. The van der Waals surface area contributed by atoms with E-state index >= 15 is 0 Å². The molecule has 0 bridgehead atoms. The van der Waals surface area contributed by atoms with Crippen molar-refractivity contribution >= 4 is 17.8 Å². The maximum Gasteiger partial charge on any atom is 0.262 e. The average Bonchev–Trinajstić information content (AvgIpc) is 2.71. The number of carbonyl (C=O) groups is 1. The van der Waals surface area contributed by atoms with E-state index in [0.717, 1.165) is 5.69 Å². The minimum Gasteiger partial charge on any atom is -0.493 e. The number of hydrogen-bond acceptors (Lipinski definition) is 6. The number of anilines is 1. The first-order valence-corrected chi connectivity index (χ1v) is 8.57. The number of ether oxygens (including phenoxy) is 3. The van der Waals surface area contributed by atoms with Crippen LogP contribution in [0.5, 0.6) is 17.2 Å². The number of hydrazone groups is 1. The smallest absolute Gasteiger partial charge is 0.262 e. The van der Waals surface area contributed by atoms with Crippen LogP contribution in [-0.2, 0) is 4.79 Å². The zero-order chi connectivity index (χ0) is 19.6. The summed E-state index contributed by atoms with van der Waals surface area (Å²) >= 11 is 0. The number of benzene rings is 2. The van der Waals surface area contributed by atoms with E-state index in [1.54, 1.807) is 33.5 Å². The zero-order valence-electron chi connectivity index (χ0n) is 16.0. The second-order valence-electron chi connectivity index (χ2n) is 5.66. The Bertz CT molecular complexity index is 753. The quantitative estimate of drug-likeness (QED) is 0.523. The first-order chi connectivity index (χ1) is 13.1. The van der Waals surface area contributed by atoms with Crippen LogP contribution in [0, 0.1) is 0 Å². The van der Waals surface area contributed by atoms with Crippen LogP contribution in [0.3, 0.4) is 0 Å². The van der Waals surface area contributed by atoms with Crippen LogP contribution in [0.2, 0.25) is 0 Å². The number of para-hydroxylation sites is 1. The summed E-state index contributed by atoms with van der Waals surface area (Å²) in [6.07, 6.45) is 2.15. The Balaban J connectivity index is 2.06. The van der Waals surface area contributed by atoms with Gasteiger partial charge in [-0.2, -0.15) is 5.10 Å². The fourth-order valence-corrected chi connectivity index (χ4v) is 2.51. The molecule has 0 fully saturated rings. The third kappa shape index (κ3) is 5.37. The molecule has 1 atom stereocenters. The van der Waals surface area contributed by atoms with Crippen molar-refractivity contribution in [3.05, 3.63) is 48.0 Å². The van der Waals surface area contributed by atoms with Crippen molar-refractivity contribution in [2.75, 3.05) is 26.6 Å². The summed E-state index contributed by atoms with van der Waals surface area (Å²) in [4.78, 5) is 12.4. The van der Waals surface area contributed by atoms with Crippen molar-refractivity contribution in [2.24, 2.45) is 5.10 Å². The number of rotatable bonds is 9. The first kappa shape index (κ1) is 20.1. The van der Waals surface area contributed by atoms with Crippen molar-refractivity contribution < 1.29 is 19.0 Å². The lowest BCUT2D eigenvalue weighted by molar-refractivity contribution is -0.121. The van der Waals surface area contributed by atoms with Gasteiger partial charge in [0, 0.05) is 11.3 Å². The molecule has 144 valence electrons. The summed E-state index contributed by atoms with van der Waals surface area (Å²) in [6, 6.07) is 12.7. The Kier molecular flexibility index (Phi) is 7.49. The van der Waals surface area contributed by atoms with E-state index in [4.69, 9.17) is 14.2 Å². The summed E-state index contributed by atoms with van der Waals surface area (Å²) in [6.45, 7) is 1.93. The first-order valence-electron chi connectivity index (χ1n) is 8.57. The van der Waals surface area contributed by atoms with Gasteiger partial charge in [0.05, 0.1) is 27.5 Å². The van der Waals surface area contributed by atoms with Gasteiger partial charge in [-0.3, -0.25) is 4.79 Å². The summed E-state index contributed by atoms with van der Waals surface area (Å²) in [7, 11) is 4.63. The van der Waals surface area contributed by atoms with Crippen LogP contribution < -0.4 is 25.0 Å². The van der Waals surface area contributed by atoms with Gasteiger partial charge < -0.3 is 19.5 Å². The van der Waals surface area contributed by atoms with Crippen molar-refractivity contribution in [3.8, 4) is 17.2 Å². The molecular formula is C20H25N3O4. The van der Waals surface area contributed by atoms with Gasteiger partial charge in [-0.05, 0) is 30.7 Å². The fraction of sp³-hybridized carbons (Fsp3) is 0.300. The lowest BCUT2D eigenvalue weighted by Crippen LogP contribution is -2.36. The molecule has 7 heteroatoms. The number of nitrogens with one attached hydrogen (secondary N) is 2. The standard InChI is InChI=1S/C20H25N3O4/c1-5-16(22-15-9-7-6-8-10-15)20(24)23-21-13-14-11-17(25-2)19(27-4)18(12-14)26-3/h6-13,16,22H,5H2,1-4H3,(H,23,24). The monoisotopic (exact) mass is 371 g/mol. The molecule has 27 heavy (non-hydrogen) atoms. The van der Waals surface area contributed by atoms with E-state index in [2.05, 4.69) is 15.8 Å². The van der Waals surface area contributed by atoms with Crippen LogP contribution in [-0.4, -0.2) is 39.5 Å². The predicted octanol–water partition coefficient (Wildman–Crippen LogP) is 3.05. The van der Waals surface area contributed by atoms with Gasteiger partial charge >= 0.3 is 0 Å². The summed E-state index contributed by atoms with van der Waals surface area (Å²) < 4.78 is 15.9. The predicted molar refractivity (Wildman–Crippen MR) is 106 cm³/mol. The molecule has 0 radical (unpaired) electrons. The summed E-state index contributed by atoms with van der Waals surface area (Å²) in [5.41, 5.74) is 4.15. The molecule has 2 rings (SSSR count). The van der Waals surface area contributed by atoms with Gasteiger partial charge in [0.15, 0.2) is 11.5 Å². The Labute approximate surface area is 159 Å². The number of methoxy groups -OCH3 is 3. The van der Waals surface area contributed by atoms with Crippen molar-refractivity contribution in [1.82, 2.24) is 5.43 Å². The van der Waals surface area contributed by atoms with Gasteiger partial charge in [0.2, 0.25) is 5.75 Å². The molecule has 2 aromatic carbocycles. The van der Waals surface area contributed by atoms with E-state index in [1.807, 2.05) is 37.3 Å². The Morgan fingerprint density at radius 2 is 1.70 bits per heavy atom. The highest BCUT2D eigenvalue weighted by Crippen LogP contribution is 2.37. The van der Waals surface area contributed by atoms with E-state index in [9.17, 15) is 4.79 Å². The molecule has 0 heterocycles. The third-order valence-electron chi connectivity index (χ3n) is 3.91. The second kappa shape index (κ2) is 10.1. The van der Waals surface area contributed by atoms with E-state index < -0.39 is 0 Å². The molecule has 0 spiro atoms. The molecule has 2 aromatic rings. The fourth-order valence-electron chi connectivity index (χ4n) is 2.51. The molecule has 7 nitrogen and oxygen atoms in total. The summed E-state index contributed by atoms with van der Waals surface area (Å²) in [5, 5.41) is 7.23. The van der Waals surface area contributed by atoms with Gasteiger partial charge in [-0.1, -0.05) is 25.1 Å². The molecule has 0 saturated heterocycles. The van der Waals surface area contributed by atoms with E-state index in [-0.39, 0.29) is 11.9 Å². The van der Waals surface area contributed by atoms with E-state index in [1.165, 1.54) is 6.21 Å². The van der Waals surface area contributed by atoms with Crippen LogP contribution in [0.25, 0.3) is 0 Å². The topological polar surface area (TPSA) is 81.2 Å². The van der Waals surface area contributed by atoms with Crippen molar-refractivity contribution in [1.29, 1.82) is 0 Å². The highest BCUT2D eigenvalue weighted by molar-refractivity contribution is 5.87. The number of amides is 1. The van der Waals surface area contributed by atoms with Crippen LogP contribution in [0.4, 0.5) is 5.69 Å². The maximum atomic E-state index is 12.4. The largest absolute Gasteiger partial charge is 0.493 e. The molecule has 0 saturated carbocycles. The van der Waals surface area contributed by atoms with Crippen LogP contribution >= 0.6 is 0 Å². The SMILES string of the molecule is CCC(Nc1ccccc1)C(=O)NN=Cc1cc(OC)c(OC)c(OC)c1. The lowest BCUT2D eigenvalue weighted by atomic mass is 10.2. The molecule has 2 N–H and O–H groups in total. The Morgan fingerprint density at radius 3 is 2.22 bits per heavy atom. The minimum atomic E-state index is -0.385. The van der Waals surface area contributed by atoms with Gasteiger partial charge in [0.1, 0.15) is 6.04 Å². The van der Waals surface area contributed by atoms with E-state index in [0.29, 0.717) is 29.2 Å². The number of hydrogen-bond donors (Lipinski definition) is 2. The molecule has 0 aromatic heterocycles. The molecule has 0 aliphatic heterocycles. The van der Waals surface area contributed by atoms with Gasteiger partial charge in [0.25, 0.3) is 5.91 Å². The highest BCUT2D eigenvalue weighted by atomic mass is 16.5. The van der Waals surface area contributed by atoms with Gasteiger partial charge in [-0.15, -0.1) is 0 Å². The second-order valence-corrected chi connectivity index (χ2v) is 5.66. The molecular weight excluding hydrogens is 346 g/mol. The van der Waals surface area contributed by atoms with Crippen molar-refractivity contribution in [3.63, 3.8) is 0 Å². The molecule has 1 amide bonds. The third-order valence-corrected chi connectivity index (χ3v) is 3.91. The molecule has 0 aliphatic carbocycles. The average molecular weight is 371 g/mol. The summed E-state index contributed by atoms with van der Waals surface area (Å²) in [5.74, 6) is 1.31. The number of carbonyl (C=O) groups excluding carboxylic acids is 1. The number of nitrogens with zero attached hydrogens (tertiary/aromatic N) is 1. The normalized spacial score (nSPS) is 11.7. The zero-order valence-corrected chi connectivity index (χ0v) is 16.0. The lowest BCUT2D eigenvalue weighted by Gasteiger charge is -2.16. The van der Waals surface area contributed by atoms with Crippen molar-refractivity contribution in [2.45, 2.75) is 19.4 Å². The molecule has 1 unspecified atom stereocenters. The maximum absolute atomic E-state index is 12.4. The highest BCUT2D eigenvalue weighted by Gasteiger charge is 2.16. The van der Waals surface area contributed by atoms with Crippen LogP contribution in [0.1, 0.15) is 18.9 Å². The van der Waals surface area contributed by atoms with Gasteiger partial charge in [-0.25, -0.2) is 5.43 Å². The van der Waals surface area contributed by atoms with Crippen LogP contribution in [0.15, 0.2) is 47.6 Å². The molecule has 0 aliphatic rings.